The molecule has 2 fully saturated rings. The molecule has 2 rings (SSSR count). The monoisotopic (exact) mass is 251 g/mol. The second kappa shape index (κ2) is 4.97. The number of ether oxygens (including phenoxy) is 2. The van der Waals surface area contributed by atoms with E-state index in [9.17, 15) is 8.42 Å². The van der Waals surface area contributed by atoms with Crippen LogP contribution in [0.2, 0.25) is 0 Å². The summed E-state index contributed by atoms with van der Waals surface area (Å²) in [6, 6.07) is 0.309. The van der Waals surface area contributed by atoms with Gasteiger partial charge in [0.2, 0.25) is 0 Å². The molecular formula is C9H17NO5S. The van der Waals surface area contributed by atoms with E-state index in [0.29, 0.717) is 25.8 Å². The van der Waals surface area contributed by atoms with Crippen molar-refractivity contribution in [2.24, 2.45) is 0 Å². The molecule has 94 valence electrons. The Hall–Kier alpha value is -0.210. The van der Waals surface area contributed by atoms with Gasteiger partial charge >= 0.3 is 0 Å². The van der Waals surface area contributed by atoms with Gasteiger partial charge in [0, 0.05) is 13.1 Å². The molecule has 0 aromatic heterocycles. The smallest absolute Gasteiger partial charge is 0.264 e. The number of fused-ring (bicyclic) bond motifs is 1. The summed E-state index contributed by atoms with van der Waals surface area (Å²) in [6.07, 6.45) is 0.886. The Morgan fingerprint density at radius 2 is 2.25 bits per heavy atom. The molecule has 6 nitrogen and oxygen atoms in total. The summed E-state index contributed by atoms with van der Waals surface area (Å²) in [6.45, 7) is 3.70. The van der Waals surface area contributed by atoms with Crippen LogP contribution in [0.1, 0.15) is 0 Å². The van der Waals surface area contributed by atoms with Crippen molar-refractivity contribution in [2.45, 2.75) is 12.1 Å². The molecule has 0 bridgehead atoms. The lowest BCUT2D eigenvalue weighted by molar-refractivity contribution is -0.123. The first-order valence-electron chi connectivity index (χ1n) is 5.32. The van der Waals surface area contributed by atoms with E-state index in [1.165, 1.54) is 0 Å². The van der Waals surface area contributed by atoms with Crippen molar-refractivity contribution in [3.8, 4) is 0 Å². The molecule has 0 saturated carbocycles. The summed E-state index contributed by atoms with van der Waals surface area (Å²) in [5.41, 5.74) is 0. The Kier molecular flexibility index (Phi) is 3.81. The second-order valence-corrected chi connectivity index (χ2v) is 5.81. The van der Waals surface area contributed by atoms with Gasteiger partial charge in [-0.2, -0.15) is 8.42 Å². The van der Waals surface area contributed by atoms with E-state index in [0.717, 1.165) is 19.4 Å². The number of morpholine rings is 2. The largest absolute Gasteiger partial charge is 0.378 e. The highest BCUT2D eigenvalue weighted by atomic mass is 32.2. The third-order valence-electron chi connectivity index (χ3n) is 2.78. The van der Waals surface area contributed by atoms with Gasteiger partial charge < -0.3 is 9.47 Å². The van der Waals surface area contributed by atoms with Crippen LogP contribution in [-0.2, 0) is 23.8 Å². The number of nitrogens with zero attached hydrogens (tertiary/aromatic N) is 1. The van der Waals surface area contributed by atoms with Crippen LogP contribution >= 0.6 is 0 Å². The van der Waals surface area contributed by atoms with E-state index in [-0.39, 0.29) is 12.7 Å². The van der Waals surface area contributed by atoms with E-state index in [2.05, 4.69) is 4.90 Å². The van der Waals surface area contributed by atoms with Crippen molar-refractivity contribution in [3.05, 3.63) is 0 Å². The molecule has 0 N–H and O–H groups in total. The van der Waals surface area contributed by atoms with Gasteiger partial charge in [0.1, 0.15) is 0 Å². The maximum atomic E-state index is 10.8. The fraction of sp³-hybridized carbons (Fsp3) is 1.00. The van der Waals surface area contributed by atoms with Crippen molar-refractivity contribution in [1.29, 1.82) is 0 Å². The maximum absolute atomic E-state index is 10.8. The van der Waals surface area contributed by atoms with Crippen LogP contribution < -0.4 is 0 Å². The molecule has 2 aliphatic heterocycles. The Morgan fingerprint density at radius 1 is 1.44 bits per heavy atom. The molecular weight excluding hydrogens is 234 g/mol. The van der Waals surface area contributed by atoms with Crippen molar-refractivity contribution >= 4 is 10.1 Å². The fourth-order valence-electron chi connectivity index (χ4n) is 1.94. The molecule has 0 amide bonds. The predicted molar refractivity (Wildman–Crippen MR) is 56.7 cm³/mol. The molecule has 0 radical (unpaired) electrons. The summed E-state index contributed by atoms with van der Waals surface area (Å²) in [5.74, 6) is 0. The van der Waals surface area contributed by atoms with Crippen molar-refractivity contribution in [2.75, 3.05) is 45.8 Å². The Balaban J connectivity index is 1.81. The molecule has 2 atom stereocenters. The van der Waals surface area contributed by atoms with Gasteiger partial charge in [-0.1, -0.05) is 0 Å². The normalized spacial score (nSPS) is 32.3. The number of hydrogen-bond acceptors (Lipinski definition) is 6. The standard InChI is InChI=1S/C9H17NO5S/c1-16(11,12)15-7-9-4-10-2-3-13-5-8(10)6-14-9/h8-9H,2-7H2,1H3. The zero-order valence-electron chi connectivity index (χ0n) is 9.29. The maximum Gasteiger partial charge on any atom is 0.264 e. The van der Waals surface area contributed by atoms with Gasteiger partial charge in [-0.05, 0) is 0 Å². The quantitative estimate of drug-likeness (QED) is 0.603. The van der Waals surface area contributed by atoms with Crippen molar-refractivity contribution in [1.82, 2.24) is 4.90 Å². The highest BCUT2D eigenvalue weighted by Gasteiger charge is 2.31. The van der Waals surface area contributed by atoms with Gasteiger partial charge in [0.25, 0.3) is 10.1 Å². The highest BCUT2D eigenvalue weighted by molar-refractivity contribution is 7.85. The van der Waals surface area contributed by atoms with Gasteiger partial charge in [-0.15, -0.1) is 0 Å². The first-order chi connectivity index (χ1) is 7.54. The first kappa shape index (κ1) is 12.3. The van der Waals surface area contributed by atoms with E-state index in [1.54, 1.807) is 0 Å². The SMILES string of the molecule is CS(=O)(=O)OCC1CN2CCOCC2CO1. The number of rotatable bonds is 3. The average Bonchev–Trinajstić information content (AvgIpc) is 2.25. The van der Waals surface area contributed by atoms with Gasteiger partial charge in [-0.25, -0.2) is 0 Å². The third kappa shape index (κ3) is 3.39. The molecule has 2 unspecified atom stereocenters. The van der Waals surface area contributed by atoms with E-state index < -0.39 is 10.1 Å². The van der Waals surface area contributed by atoms with Gasteiger partial charge in [-0.3, -0.25) is 9.08 Å². The van der Waals surface area contributed by atoms with E-state index in [4.69, 9.17) is 13.7 Å². The van der Waals surface area contributed by atoms with Gasteiger partial charge in [0.05, 0.1) is 44.8 Å². The van der Waals surface area contributed by atoms with Crippen molar-refractivity contribution in [3.63, 3.8) is 0 Å². The fourth-order valence-corrected chi connectivity index (χ4v) is 2.34. The van der Waals surface area contributed by atoms with Gasteiger partial charge in [0.15, 0.2) is 0 Å². The van der Waals surface area contributed by atoms with Crippen LogP contribution in [0.4, 0.5) is 0 Å². The number of hydrogen-bond donors (Lipinski definition) is 0. The molecule has 0 aromatic rings. The molecule has 2 aliphatic rings. The Morgan fingerprint density at radius 3 is 3.00 bits per heavy atom. The van der Waals surface area contributed by atoms with Crippen LogP contribution in [0.25, 0.3) is 0 Å². The summed E-state index contributed by atoms with van der Waals surface area (Å²) >= 11 is 0. The van der Waals surface area contributed by atoms with Crippen LogP contribution in [0.5, 0.6) is 0 Å². The molecule has 2 heterocycles. The minimum absolute atomic E-state index is 0.100. The Bertz CT molecular complexity index is 331. The average molecular weight is 251 g/mol. The summed E-state index contributed by atoms with van der Waals surface area (Å²) in [4.78, 5) is 2.27. The highest BCUT2D eigenvalue weighted by Crippen LogP contribution is 2.15. The lowest BCUT2D eigenvalue weighted by Crippen LogP contribution is -2.56. The molecule has 7 heteroatoms. The molecule has 2 saturated heterocycles. The molecule has 0 aliphatic carbocycles. The van der Waals surface area contributed by atoms with Crippen molar-refractivity contribution < 1.29 is 22.1 Å². The lowest BCUT2D eigenvalue weighted by Gasteiger charge is -2.41. The van der Waals surface area contributed by atoms with E-state index in [1.807, 2.05) is 0 Å². The zero-order chi connectivity index (χ0) is 11.6. The second-order valence-electron chi connectivity index (χ2n) is 4.17. The summed E-state index contributed by atoms with van der Waals surface area (Å²) < 4.78 is 37.3. The predicted octanol–water partition coefficient (Wildman–Crippen LogP) is -0.938. The molecule has 0 spiro atoms. The van der Waals surface area contributed by atoms with Crippen LogP contribution in [0.15, 0.2) is 0 Å². The topological polar surface area (TPSA) is 65.1 Å². The minimum atomic E-state index is -3.38. The van der Waals surface area contributed by atoms with Crippen LogP contribution in [0, 0.1) is 0 Å². The minimum Gasteiger partial charge on any atom is -0.378 e. The first-order valence-corrected chi connectivity index (χ1v) is 7.14. The molecule has 16 heavy (non-hydrogen) atoms. The molecule has 0 aromatic carbocycles. The zero-order valence-corrected chi connectivity index (χ0v) is 10.1. The lowest BCUT2D eigenvalue weighted by atomic mass is 10.1. The Labute approximate surface area is 95.6 Å². The van der Waals surface area contributed by atoms with Crippen LogP contribution in [0.3, 0.4) is 0 Å². The summed E-state index contributed by atoms with van der Waals surface area (Å²) in [5, 5.41) is 0. The van der Waals surface area contributed by atoms with E-state index >= 15 is 0 Å². The van der Waals surface area contributed by atoms with Crippen LogP contribution in [-0.4, -0.2) is 71.2 Å². The third-order valence-corrected chi connectivity index (χ3v) is 3.34. The summed E-state index contributed by atoms with van der Waals surface area (Å²) in [7, 11) is -3.38.